The molecule has 4 rings (SSSR count). The molecule has 2 aromatic carbocycles. The molecule has 29 heavy (non-hydrogen) atoms. The first kappa shape index (κ1) is 19.1. The number of hydrogen-bond acceptors (Lipinski definition) is 6. The van der Waals surface area contributed by atoms with Crippen molar-refractivity contribution in [3.63, 3.8) is 0 Å². The van der Waals surface area contributed by atoms with E-state index in [-0.39, 0.29) is 0 Å². The highest BCUT2D eigenvalue weighted by molar-refractivity contribution is 7.92. The molecule has 2 heterocycles. The number of halogens is 1. The van der Waals surface area contributed by atoms with Crippen LogP contribution in [0.5, 0.6) is 0 Å². The second-order valence-corrected chi connectivity index (χ2v) is 8.61. The normalized spacial score (nSPS) is 11.4. The topological polar surface area (TPSA) is 96.9 Å². The van der Waals surface area contributed by atoms with Crippen molar-refractivity contribution in [3.05, 3.63) is 72.3 Å². The third-order valence-corrected chi connectivity index (χ3v) is 4.94. The van der Waals surface area contributed by atoms with Gasteiger partial charge in [-0.2, -0.15) is 0 Å². The standard InChI is InChI=1S/C20H16ClN5O2S/c1-29(27,28)26-17-7-14(10-22-11-17)13-5-6-19-18(8-13)20(24-12-23-19)25-16-4-2-3-15(21)9-16/h2-12,26H,1H3,(H,23,24,25). The van der Waals surface area contributed by atoms with Gasteiger partial charge in [0.05, 0.1) is 23.7 Å². The number of aromatic nitrogens is 3. The molecule has 2 aromatic heterocycles. The molecule has 0 saturated carbocycles. The maximum absolute atomic E-state index is 11.5. The molecule has 2 N–H and O–H groups in total. The van der Waals surface area contributed by atoms with Gasteiger partial charge in [-0.05, 0) is 42.0 Å². The van der Waals surface area contributed by atoms with Crippen LogP contribution in [0.25, 0.3) is 22.0 Å². The van der Waals surface area contributed by atoms with E-state index in [9.17, 15) is 8.42 Å². The predicted octanol–water partition coefficient (Wildman–Crippen LogP) is 4.46. The summed E-state index contributed by atoms with van der Waals surface area (Å²) in [7, 11) is -3.39. The van der Waals surface area contributed by atoms with Gasteiger partial charge in [0.2, 0.25) is 10.0 Å². The van der Waals surface area contributed by atoms with Crippen LogP contribution in [0.4, 0.5) is 17.2 Å². The molecule has 0 unspecified atom stereocenters. The van der Waals surface area contributed by atoms with Crippen LogP contribution in [0, 0.1) is 0 Å². The van der Waals surface area contributed by atoms with Crippen molar-refractivity contribution in [1.29, 1.82) is 0 Å². The Kier molecular flexibility index (Phi) is 5.04. The molecule has 146 valence electrons. The Morgan fingerprint density at radius 3 is 2.59 bits per heavy atom. The van der Waals surface area contributed by atoms with Crippen molar-refractivity contribution in [3.8, 4) is 11.1 Å². The highest BCUT2D eigenvalue weighted by atomic mass is 35.5. The fraction of sp³-hybridized carbons (Fsp3) is 0.0500. The number of benzene rings is 2. The van der Waals surface area contributed by atoms with Gasteiger partial charge in [0, 0.05) is 27.9 Å². The van der Waals surface area contributed by atoms with Gasteiger partial charge >= 0.3 is 0 Å². The van der Waals surface area contributed by atoms with Crippen molar-refractivity contribution in [1.82, 2.24) is 15.0 Å². The summed E-state index contributed by atoms with van der Waals surface area (Å²) in [5.41, 5.74) is 3.59. The van der Waals surface area contributed by atoms with Crippen LogP contribution in [-0.2, 0) is 10.0 Å². The van der Waals surface area contributed by atoms with Crippen LogP contribution in [0.1, 0.15) is 0 Å². The van der Waals surface area contributed by atoms with Crippen LogP contribution in [0.2, 0.25) is 5.02 Å². The molecule has 0 atom stereocenters. The Hall–Kier alpha value is -3.23. The molecule has 0 saturated heterocycles. The molecular formula is C20H16ClN5O2S. The second-order valence-electron chi connectivity index (χ2n) is 6.43. The van der Waals surface area contributed by atoms with E-state index in [2.05, 4.69) is 25.0 Å². The van der Waals surface area contributed by atoms with Crippen LogP contribution in [0.15, 0.2) is 67.3 Å². The largest absolute Gasteiger partial charge is 0.340 e. The number of fused-ring (bicyclic) bond motifs is 1. The van der Waals surface area contributed by atoms with Crippen molar-refractivity contribution >= 4 is 49.7 Å². The summed E-state index contributed by atoms with van der Waals surface area (Å²) in [6.45, 7) is 0. The zero-order chi connectivity index (χ0) is 20.4. The van der Waals surface area contributed by atoms with Crippen molar-refractivity contribution in [2.24, 2.45) is 0 Å². The van der Waals surface area contributed by atoms with Gasteiger partial charge in [0.1, 0.15) is 12.1 Å². The number of nitrogens with zero attached hydrogens (tertiary/aromatic N) is 3. The summed E-state index contributed by atoms with van der Waals surface area (Å²) < 4.78 is 25.4. The van der Waals surface area contributed by atoms with Crippen LogP contribution < -0.4 is 10.0 Å². The molecule has 0 fully saturated rings. The average molecular weight is 426 g/mol. The summed E-state index contributed by atoms with van der Waals surface area (Å²) in [6.07, 6.45) is 5.72. The summed E-state index contributed by atoms with van der Waals surface area (Å²) in [4.78, 5) is 12.8. The van der Waals surface area contributed by atoms with Gasteiger partial charge < -0.3 is 5.32 Å². The van der Waals surface area contributed by atoms with E-state index >= 15 is 0 Å². The lowest BCUT2D eigenvalue weighted by molar-refractivity contribution is 0.607. The SMILES string of the molecule is CS(=O)(=O)Nc1cncc(-c2ccc3ncnc(Nc4cccc(Cl)c4)c3c2)c1. The molecule has 0 spiro atoms. The lowest BCUT2D eigenvalue weighted by Crippen LogP contribution is -2.09. The quantitative estimate of drug-likeness (QED) is 0.490. The Balaban J connectivity index is 1.75. The van der Waals surface area contributed by atoms with Crippen LogP contribution in [-0.4, -0.2) is 29.6 Å². The second kappa shape index (κ2) is 7.65. The third-order valence-electron chi connectivity index (χ3n) is 4.10. The monoisotopic (exact) mass is 425 g/mol. The van der Waals surface area contributed by atoms with Crippen molar-refractivity contribution in [2.45, 2.75) is 0 Å². The lowest BCUT2D eigenvalue weighted by Gasteiger charge is -2.11. The number of hydrogen-bond donors (Lipinski definition) is 2. The van der Waals surface area contributed by atoms with Gasteiger partial charge in [-0.25, -0.2) is 18.4 Å². The third kappa shape index (κ3) is 4.61. The Morgan fingerprint density at radius 1 is 0.931 bits per heavy atom. The lowest BCUT2D eigenvalue weighted by atomic mass is 10.0. The maximum Gasteiger partial charge on any atom is 0.229 e. The minimum atomic E-state index is -3.39. The van der Waals surface area contributed by atoms with Crippen LogP contribution in [0.3, 0.4) is 0 Å². The van der Waals surface area contributed by atoms with E-state index in [1.54, 1.807) is 18.3 Å². The molecule has 0 aliphatic heterocycles. The summed E-state index contributed by atoms with van der Waals surface area (Å²) in [6, 6.07) is 14.8. The molecule has 4 aromatic rings. The molecule has 7 nitrogen and oxygen atoms in total. The number of nitrogens with one attached hydrogen (secondary N) is 2. The van der Waals surface area contributed by atoms with E-state index in [1.165, 1.54) is 12.5 Å². The molecular weight excluding hydrogens is 410 g/mol. The van der Waals surface area contributed by atoms with Gasteiger partial charge in [-0.3, -0.25) is 9.71 Å². The molecule has 0 aliphatic rings. The van der Waals surface area contributed by atoms with Gasteiger partial charge in [0.25, 0.3) is 0 Å². The average Bonchev–Trinajstić information content (AvgIpc) is 2.67. The molecule has 0 bridgehead atoms. The first-order valence-electron chi connectivity index (χ1n) is 8.58. The fourth-order valence-corrected chi connectivity index (χ4v) is 3.64. The fourth-order valence-electron chi connectivity index (χ4n) is 2.91. The van der Waals surface area contributed by atoms with Crippen molar-refractivity contribution < 1.29 is 8.42 Å². The van der Waals surface area contributed by atoms with E-state index in [0.717, 1.165) is 34.0 Å². The smallest absolute Gasteiger partial charge is 0.229 e. The number of anilines is 3. The zero-order valence-electron chi connectivity index (χ0n) is 15.3. The van der Waals surface area contributed by atoms with Crippen LogP contribution >= 0.6 is 11.6 Å². The van der Waals surface area contributed by atoms with Gasteiger partial charge in [-0.1, -0.05) is 23.7 Å². The first-order chi connectivity index (χ1) is 13.9. The van der Waals surface area contributed by atoms with E-state index < -0.39 is 10.0 Å². The van der Waals surface area contributed by atoms with E-state index in [4.69, 9.17) is 11.6 Å². The molecule has 0 aliphatic carbocycles. The molecule has 0 amide bonds. The summed E-state index contributed by atoms with van der Waals surface area (Å²) in [5, 5.41) is 4.70. The van der Waals surface area contributed by atoms with Crippen molar-refractivity contribution in [2.75, 3.05) is 16.3 Å². The molecule has 9 heteroatoms. The zero-order valence-corrected chi connectivity index (χ0v) is 16.9. The highest BCUT2D eigenvalue weighted by Crippen LogP contribution is 2.29. The molecule has 0 radical (unpaired) electrons. The van der Waals surface area contributed by atoms with E-state index in [1.807, 2.05) is 36.4 Å². The summed E-state index contributed by atoms with van der Waals surface area (Å²) in [5.74, 6) is 0.637. The minimum Gasteiger partial charge on any atom is -0.340 e. The Morgan fingerprint density at radius 2 is 1.79 bits per heavy atom. The summed E-state index contributed by atoms with van der Waals surface area (Å²) >= 11 is 6.07. The first-order valence-corrected chi connectivity index (χ1v) is 10.8. The number of sulfonamides is 1. The van der Waals surface area contributed by atoms with E-state index in [0.29, 0.717) is 16.5 Å². The Labute approximate surface area is 172 Å². The maximum atomic E-state index is 11.5. The minimum absolute atomic E-state index is 0.395. The van der Waals surface area contributed by atoms with Gasteiger partial charge in [0.15, 0.2) is 0 Å². The Bertz CT molecular complexity index is 1310. The number of pyridine rings is 1. The van der Waals surface area contributed by atoms with Gasteiger partial charge in [-0.15, -0.1) is 0 Å². The highest BCUT2D eigenvalue weighted by Gasteiger charge is 2.09. The number of rotatable bonds is 5. The predicted molar refractivity (Wildman–Crippen MR) is 116 cm³/mol.